The summed E-state index contributed by atoms with van der Waals surface area (Å²) in [6, 6.07) is 16.7. The van der Waals surface area contributed by atoms with Crippen LogP contribution in [0, 0.1) is 5.82 Å². The van der Waals surface area contributed by atoms with Crippen LogP contribution in [0.15, 0.2) is 54.6 Å². The highest BCUT2D eigenvalue weighted by Gasteiger charge is 2.19. The number of piperazine rings is 1. The molecule has 0 bridgehead atoms. The highest BCUT2D eigenvalue weighted by molar-refractivity contribution is 5.78. The summed E-state index contributed by atoms with van der Waals surface area (Å²) in [5.41, 5.74) is 2.27. The van der Waals surface area contributed by atoms with Gasteiger partial charge in [0.25, 0.3) is 0 Å². The quantitative estimate of drug-likeness (QED) is 0.876. The van der Waals surface area contributed by atoms with Gasteiger partial charge in [-0.1, -0.05) is 30.3 Å². The van der Waals surface area contributed by atoms with Crippen LogP contribution in [0.4, 0.5) is 10.1 Å². The third kappa shape index (κ3) is 5.29. The van der Waals surface area contributed by atoms with Crippen LogP contribution >= 0.6 is 0 Å². The summed E-state index contributed by atoms with van der Waals surface area (Å²) >= 11 is 0. The van der Waals surface area contributed by atoms with Gasteiger partial charge >= 0.3 is 0 Å². The Morgan fingerprint density at radius 2 is 1.64 bits per heavy atom. The van der Waals surface area contributed by atoms with Gasteiger partial charge in [0.05, 0.1) is 6.54 Å². The standard InChI is InChI=1S/C20H24FN3O/c21-18-6-8-19(9-7-18)24-14-12-23(13-15-24)16-20(25)22-11-10-17-4-2-1-3-5-17/h1-9H,10-16H2,(H,22,25). The van der Waals surface area contributed by atoms with Crippen LogP contribution in [0.2, 0.25) is 0 Å². The summed E-state index contributed by atoms with van der Waals surface area (Å²) in [4.78, 5) is 16.5. The molecule has 1 N–H and O–H groups in total. The zero-order chi connectivity index (χ0) is 17.5. The van der Waals surface area contributed by atoms with Crippen molar-refractivity contribution in [2.24, 2.45) is 0 Å². The molecule has 1 amide bonds. The highest BCUT2D eigenvalue weighted by Crippen LogP contribution is 2.16. The van der Waals surface area contributed by atoms with Gasteiger partial charge in [-0.05, 0) is 36.2 Å². The summed E-state index contributed by atoms with van der Waals surface area (Å²) in [5.74, 6) is -0.138. The molecule has 0 unspecified atom stereocenters. The minimum Gasteiger partial charge on any atom is -0.369 e. The second kappa shape index (κ2) is 8.62. The monoisotopic (exact) mass is 341 g/mol. The van der Waals surface area contributed by atoms with E-state index in [1.165, 1.54) is 17.7 Å². The largest absolute Gasteiger partial charge is 0.369 e. The Morgan fingerprint density at radius 3 is 2.32 bits per heavy atom. The number of carbonyl (C=O) groups excluding carboxylic acids is 1. The Bertz CT molecular complexity index is 667. The number of nitrogens with one attached hydrogen (secondary N) is 1. The molecule has 1 aliphatic heterocycles. The van der Waals surface area contributed by atoms with E-state index in [9.17, 15) is 9.18 Å². The van der Waals surface area contributed by atoms with Gasteiger partial charge < -0.3 is 10.2 Å². The van der Waals surface area contributed by atoms with Crippen molar-refractivity contribution in [3.05, 3.63) is 66.0 Å². The van der Waals surface area contributed by atoms with E-state index in [2.05, 4.69) is 27.2 Å². The summed E-state index contributed by atoms with van der Waals surface area (Å²) < 4.78 is 13.0. The number of rotatable bonds is 6. The maximum Gasteiger partial charge on any atom is 0.234 e. The first-order valence-corrected chi connectivity index (χ1v) is 8.74. The van der Waals surface area contributed by atoms with Gasteiger partial charge in [-0.25, -0.2) is 4.39 Å². The van der Waals surface area contributed by atoms with Gasteiger partial charge in [0.15, 0.2) is 0 Å². The van der Waals surface area contributed by atoms with Gasteiger partial charge in [0.2, 0.25) is 5.91 Å². The third-order valence-corrected chi connectivity index (χ3v) is 4.51. The molecule has 1 aliphatic rings. The topological polar surface area (TPSA) is 35.6 Å². The van der Waals surface area contributed by atoms with Crippen LogP contribution in [0.3, 0.4) is 0 Å². The fraction of sp³-hybridized carbons (Fsp3) is 0.350. The van der Waals surface area contributed by atoms with Crippen LogP contribution in [0.1, 0.15) is 5.56 Å². The van der Waals surface area contributed by atoms with Crippen molar-refractivity contribution in [3.63, 3.8) is 0 Å². The first-order valence-electron chi connectivity index (χ1n) is 8.74. The summed E-state index contributed by atoms with van der Waals surface area (Å²) in [6.07, 6.45) is 0.852. The molecular weight excluding hydrogens is 317 g/mol. The minimum atomic E-state index is -0.213. The molecule has 2 aromatic carbocycles. The average molecular weight is 341 g/mol. The Morgan fingerprint density at radius 1 is 0.960 bits per heavy atom. The molecule has 0 saturated carbocycles. The van der Waals surface area contributed by atoms with Crippen molar-refractivity contribution in [1.29, 1.82) is 0 Å². The van der Waals surface area contributed by atoms with Crippen molar-refractivity contribution in [1.82, 2.24) is 10.2 Å². The highest BCUT2D eigenvalue weighted by atomic mass is 19.1. The lowest BCUT2D eigenvalue weighted by atomic mass is 10.1. The summed E-state index contributed by atoms with van der Waals surface area (Å²) in [5, 5.41) is 2.99. The number of carbonyl (C=O) groups is 1. The van der Waals surface area contributed by atoms with Crippen molar-refractivity contribution in [2.75, 3.05) is 44.2 Å². The second-order valence-electron chi connectivity index (χ2n) is 6.33. The molecule has 5 heteroatoms. The van der Waals surface area contributed by atoms with Crippen LogP contribution in [0.25, 0.3) is 0 Å². The first kappa shape index (κ1) is 17.4. The van der Waals surface area contributed by atoms with Crippen molar-refractivity contribution in [3.8, 4) is 0 Å². The van der Waals surface area contributed by atoms with Gasteiger partial charge in [-0.2, -0.15) is 0 Å². The summed E-state index contributed by atoms with van der Waals surface area (Å²) in [7, 11) is 0. The van der Waals surface area contributed by atoms with Crippen molar-refractivity contribution >= 4 is 11.6 Å². The number of hydrogen-bond donors (Lipinski definition) is 1. The molecule has 1 fully saturated rings. The molecule has 4 nitrogen and oxygen atoms in total. The molecule has 2 aromatic rings. The molecule has 1 saturated heterocycles. The molecule has 3 rings (SSSR count). The molecule has 0 aliphatic carbocycles. The fourth-order valence-electron chi connectivity index (χ4n) is 3.07. The normalized spacial score (nSPS) is 15.2. The van der Waals surface area contributed by atoms with Gasteiger partial charge in [0.1, 0.15) is 5.82 Å². The van der Waals surface area contributed by atoms with Crippen LogP contribution in [-0.4, -0.2) is 50.1 Å². The third-order valence-electron chi connectivity index (χ3n) is 4.51. The van der Waals surface area contributed by atoms with Crippen LogP contribution < -0.4 is 10.2 Å². The Kier molecular flexibility index (Phi) is 6.01. The lowest BCUT2D eigenvalue weighted by Gasteiger charge is -2.35. The number of halogens is 1. The Labute approximate surface area is 148 Å². The molecule has 0 spiro atoms. The van der Waals surface area contributed by atoms with E-state index in [0.717, 1.165) is 38.3 Å². The van der Waals surface area contributed by atoms with E-state index < -0.39 is 0 Å². The Hall–Kier alpha value is -2.40. The maximum absolute atomic E-state index is 13.0. The number of anilines is 1. The molecule has 0 atom stereocenters. The zero-order valence-electron chi connectivity index (χ0n) is 14.3. The van der Waals surface area contributed by atoms with E-state index in [1.54, 1.807) is 12.1 Å². The predicted molar refractivity (Wildman–Crippen MR) is 98.2 cm³/mol. The molecular formula is C20H24FN3O. The van der Waals surface area contributed by atoms with E-state index in [4.69, 9.17) is 0 Å². The number of amides is 1. The van der Waals surface area contributed by atoms with Crippen molar-refractivity contribution < 1.29 is 9.18 Å². The van der Waals surface area contributed by atoms with Crippen LogP contribution in [0.5, 0.6) is 0 Å². The van der Waals surface area contributed by atoms with Crippen LogP contribution in [-0.2, 0) is 11.2 Å². The minimum absolute atomic E-state index is 0.0752. The molecule has 1 heterocycles. The van der Waals surface area contributed by atoms with Gasteiger partial charge in [-0.15, -0.1) is 0 Å². The number of nitrogens with zero attached hydrogens (tertiary/aromatic N) is 2. The summed E-state index contributed by atoms with van der Waals surface area (Å²) in [6.45, 7) is 4.48. The van der Waals surface area contributed by atoms with Gasteiger partial charge in [0, 0.05) is 38.4 Å². The predicted octanol–water partition coefficient (Wildman–Crippen LogP) is 2.31. The molecule has 0 aromatic heterocycles. The van der Waals surface area contributed by atoms with E-state index in [0.29, 0.717) is 13.1 Å². The molecule has 25 heavy (non-hydrogen) atoms. The maximum atomic E-state index is 13.0. The van der Waals surface area contributed by atoms with E-state index in [1.807, 2.05) is 18.2 Å². The van der Waals surface area contributed by atoms with Gasteiger partial charge in [-0.3, -0.25) is 9.69 Å². The van der Waals surface area contributed by atoms with E-state index >= 15 is 0 Å². The fourth-order valence-corrected chi connectivity index (χ4v) is 3.07. The first-order chi connectivity index (χ1) is 12.2. The Balaban J connectivity index is 1.37. The number of benzene rings is 2. The molecule has 132 valence electrons. The smallest absolute Gasteiger partial charge is 0.234 e. The SMILES string of the molecule is O=C(CN1CCN(c2ccc(F)cc2)CC1)NCCc1ccccc1. The van der Waals surface area contributed by atoms with E-state index in [-0.39, 0.29) is 11.7 Å². The number of hydrogen-bond acceptors (Lipinski definition) is 3. The van der Waals surface area contributed by atoms with Crippen molar-refractivity contribution in [2.45, 2.75) is 6.42 Å². The lowest BCUT2D eigenvalue weighted by Crippen LogP contribution is -2.49. The average Bonchev–Trinajstić information content (AvgIpc) is 2.64. The second-order valence-corrected chi connectivity index (χ2v) is 6.33. The zero-order valence-corrected chi connectivity index (χ0v) is 14.3. The lowest BCUT2D eigenvalue weighted by molar-refractivity contribution is -0.122. The molecule has 0 radical (unpaired) electrons.